The van der Waals surface area contributed by atoms with Crippen molar-refractivity contribution in [2.45, 2.75) is 26.0 Å². The highest BCUT2D eigenvalue weighted by atomic mass is 16.5. The molecule has 0 aliphatic carbocycles. The van der Waals surface area contributed by atoms with E-state index in [-0.39, 0.29) is 12.6 Å². The molecule has 2 unspecified atom stereocenters. The lowest BCUT2D eigenvalue weighted by atomic mass is 10.1. The summed E-state index contributed by atoms with van der Waals surface area (Å²) in [6.45, 7) is 5.12. The fraction of sp³-hybridized carbons (Fsp3) is 0.571. The molecular weight excluding hydrogens is 230 g/mol. The third-order valence-electron chi connectivity index (χ3n) is 2.76. The molecule has 1 rings (SSSR count). The van der Waals surface area contributed by atoms with Crippen molar-refractivity contribution in [2.75, 3.05) is 26.9 Å². The monoisotopic (exact) mass is 253 g/mol. The number of aliphatic hydroxyl groups excluding tert-OH is 1. The van der Waals surface area contributed by atoms with Gasteiger partial charge in [-0.1, -0.05) is 18.2 Å². The van der Waals surface area contributed by atoms with E-state index < -0.39 is 6.10 Å². The number of hydrogen-bond acceptors (Lipinski definition) is 4. The lowest BCUT2D eigenvalue weighted by Gasteiger charge is -2.18. The van der Waals surface area contributed by atoms with Gasteiger partial charge in [-0.25, -0.2) is 0 Å². The van der Waals surface area contributed by atoms with Crippen molar-refractivity contribution in [1.29, 1.82) is 0 Å². The van der Waals surface area contributed by atoms with Gasteiger partial charge in [-0.05, 0) is 27.0 Å². The number of aliphatic hydroxyl groups is 1. The van der Waals surface area contributed by atoms with Gasteiger partial charge in [0.15, 0.2) is 0 Å². The summed E-state index contributed by atoms with van der Waals surface area (Å²) in [5.41, 5.74) is 1.09. The quantitative estimate of drug-likeness (QED) is 0.741. The van der Waals surface area contributed by atoms with Gasteiger partial charge in [-0.2, -0.15) is 0 Å². The van der Waals surface area contributed by atoms with Gasteiger partial charge in [-0.3, -0.25) is 0 Å². The fourth-order valence-electron chi connectivity index (χ4n) is 1.61. The summed E-state index contributed by atoms with van der Waals surface area (Å²) >= 11 is 0. The smallest absolute Gasteiger partial charge is 0.124 e. The zero-order valence-electron chi connectivity index (χ0n) is 11.3. The van der Waals surface area contributed by atoms with Gasteiger partial charge in [0.05, 0.1) is 6.61 Å². The Balaban J connectivity index is 2.56. The van der Waals surface area contributed by atoms with Crippen LogP contribution < -0.4 is 10.1 Å². The minimum Gasteiger partial charge on any atom is -0.490 e. The molecule has 0 radical (unpaired) electrons. The zero-order chi connectivity index (χ0) is 13.4. The third kappa shape index (κ3) is 4.64. The molecule has 0 heterocycles. The Bertz CT molecular complexity index is 344. The molecule has 4 heteroatoms. The summed E-state index contributed by atoms with van der Waals surface area (Å²) in [6.07, 6.45) is -0.595. The molecule has 4 nitrogen and oxygen atoms in total. The molecular formula is C14H23NO3. The van der Waals surface area contributed by atoms with Crippen molar-refractivity contribution in [3.8, 4) is 5.75 Å². The summed E-state index contributed by atoms with van der Waals surface area (Å²) in [6, 6.07) is 8.05. The van der Waals surface area contributed by atoms with E-state index in [0.29, 0.717) is 13.2 Å². The number of ether oxygens (including phenoxy) is 2. The largest absolute Gasteiger partial charge is 0.490 e. The SMILES string of the molecule is CCOCC(O)COc1ccccc1C(C)NC. The summed E-state index contributed by atoms with van der Waals surface area (Å²) < 4.78 is 10.8. The summed E-state index contributed by atoms with van der Waals surface area (Å²) in [5.74, 6) is 0.801. The van der Waals surface area contributed by atoms with E-state index in [4.69, 9.17) is 9.47 Å². The van der Waals surface area contributed by atoms with Crippen molar-refractivity contribution in [3.63, 3.8) is 0 Å². The van der Waals surface area contributed by atoms with E-state index in [2.05, 4.69) is 12.2 Å². The average molecular weight is 253 g/mol. The first-order valence-electron chi connectivity index (χ1n) is 6.33. The Labute approximate surface area is 109 Å². The predicted octanol–water partition coefficient (Wildman–Crippen LogP) is 1.74. The first kappa shape index (κ1) is 15.0. The van der Waals surface area contributed by atoms with Crippen LogP contribution in [0.5, 0.6) is 5.75 Å². The van der Waals surface area contributed by atoms with E-state index in [9.17, 15) is 5.11 Å². The molecule has 0 amide bonds. The molecule has 2 N–H and O–H groups in total. The molecule has 0 aliphatic rings. The molecule has 1 aromatic carbocycles. The third-order valence-corrected chi connectivity index (χ3v) is 2.76. The molecule has 102 valence electrons. The maximum absolute atomic E-state index is 9.66. The molecule has 0 aliphatic heterocycles. The van der Waals surface area contributed by atoms with E-state index in [1.807, 2.05) is 38.2 Å². The Morgan fingerprint density at radius 2 is 2.00 bits per heavy atom. The first-order chi connectivity index (χ1) is 8.69. The number of nitrogens with one attached hydrogen (secondary N) is 1. The lowest BCUT2D eigenvalue weighted by Crippen LogP contribution is -2.24. The van der Waals surface area contributed by atoms with E-state index >= 15 is 0 Å². The van der Waals surface area contributed by atoms with Crippen LogP contribution in [0.15, 0.2) is 24.3 Å². The molecule has 2 atom stereocenters. The number of benzene rings is 1. The highest BCUT2D eigenvalue weighted by Crippen LogP contribution is 2.24. The maximum Gasteiger partial charge on any atom is 0.124 e. The highest BCUT2D eigenvalue weighted by Gasteiger charge is 2.11. The molecule has 0 bridgehead atoms. The van der Waals surface area contributed by atoms with Crippen LogP contribution in [-0.4, -0.2) is 38.1 Å². The van der Waals surface area contributed by atoms with Gasteiger partial charge in [0.1, 0.15) is 18.5 Å². The second-order valence-electron chi connectivity index (χ2n) is 4.17. The van der Waals surface area contributed by atoms with Gasteiger partial charge >= 0.3 is 0 Å². The second kappa shape index (κ2) is 8.08. The Morgan fingerprint density at radius 1 is 1.28 bits per heavy atom. The molecule has 0 aromatic heterocycles. The standard InChI is InChI=1S/C14H23NO3/c1-4-17-9-12(16)10-18-14-8-6-5-7-13(14)11(2)15-3/h5-8,11-12,15-16H,4,9-10H2,1-3H3. The molecule has 0 saturated heterocycles. The molecule has 1 aromatic rings. The first-order valence-corrected chi connectivity index (χ1v) is 6.33. The summed E-state index contributed by atoms with van der Waals surface area (Å²) in [7, 11) is 1.91. The van der Waals surface area contributed by atoms with Gasteiger partial charge in [0, 0.05) is 18.2 Å². The normalized spacial score (nSPS) is 14.2. The van der Waals surface area contributed by atoms with E-state index in [1.165, 1.54) is 0 Å². The van der Waals surface area contributed by atoms with Crippen LogP contribution in [0.3, 0.4) is 0 Å². The van der Waals surface area contributed by atoms with Crippen LogP contribution >= 0.6 is 0 Å². The highest BCUT2D eigenvalue weighted by molar-refractivity contribution is 5.35. The molecule has 0 fully saturated rings. The second-order valence-corrected chi connectivity index (χ2v) is 4.17. The maximum atomic E-state index is 9.66. The fourth-order valence-corrected chi connectivity index (χ4v) is 1.61. The Hall–Kier alpha value is -1.10. The van der Waals surface area contributed by atoms with Crippen molar-refractivity contribution < 1.29 is 14.6 Å². The predicted molar refractivity (Wildman–Crippen MR) is 71.9 cm³/mol. The minimum atomic E-state index is -0.595. The van der Waals surface area contributed by atoms with E-state index in [0.717, 1.165) is 11.3 Å². The lowest BCUT2D eigenvalue weighted by molar-refractivity contribution is 0.0162. The van der Waals surface area contributed by atoms with Crippen molar-refractivity contribution in [2.24, 2.45) is 0 Å². The topological polar surface area (TPSA) is 50.7 Å². The van der Waals surface area contributed by atoms with Crippen LogP contribution in [-0.2, 0) is 4.74 Å². The number of para-hydroxylation sites is 1. The Kier molecular flexibility index (Phi) is 6.72. The minimum absolute atomic E-state index is 0.213. The van der Waals surface area contributed by atoms with Gasteiger partial charge in [0.2, 0.25) is 0 Å². The van der Waals surface area contributed by atoms with E-state index in [1.54, 1.807) is 0 Å². The van der Waals surface area contributed by atoms with Crippen molar-refractivity contribution in [3.05, 3.63) is 29.8 Å². The molecule has 0 saturated carbocycles. The van der Waals surface area contributed by atoms with Crippen LogP contribution in [0.25, 0.3) is 0 Å². The van der Waals surface area contributed by atoms with Crippen molar-refractivity contribution in [1.82, 2.24) is 5.32 Å². The van der Waals surface area contributed by atoms with Crippen molar-refractivity contribution >= 4 is 0 Å². The van der Waals surface area contributed by atoms with Crippen LogP contribution in [0.2, 0.25) is 0 Å². The average Bonchev–Trinajstić information content (AvgIpc) is 2.42. The van der Waals surface area contributed by atoms with Gasteiger partial charge in [-0.15, -0.1) is 0 Å². The van der Waals surface area contributed by atoms with Gasteiger partial charge < -0.3 is 19.9 Å². The number of rotatable bonds is 8. The van der Waals surface area contributed by atoms with Gasteiger partial charge in [0.25, 0.3) is 0 Å². The summed E-state index contributed by atoms with van der Waals surface area (Å²) in [5, 5.41) is 12.8. The Morgan fingerprint density at radius 3 is 2.67 bits per heavy atom. The summed E-state index contributed by atoms with van der Waals surface area (Å²) in [4.78, 5) is 0. The van der Waals surface area contributed by atoms with Crippen LogP contribution in [0.4, 0.5) is 0 Å². The molecule has 0 spiro atoms. The van der Waals surface area contributed by atoms with Crippen LogP contribution in [0, 0.1) is 0 Å². The van der Waals surface area contributed by atoms with Crippen LogP contribution in [0.1, 0.15) is 25.5 Å². The molecule has 18 heavy (non-hydrogen) atoms. The zero-order valence-corrected chi connectivity index (χ0v) is 11.3. The number of hydrogen-bond donors (Lipinski definition) is 2.